The highest BCUT2D eigenvalue weighted by atomic mass is 35.5. The van der Waals surface area contributed by atoms with Crippen LogP contribution in [0.25, 0.3) is 5.65 Å². The number of aromatic nitrogens is 2. The molecule has 4 nitrogen and oxygen atoms in total. The van der Waals surface area contributed by atoms with E-state index in [-0.39, 0.29) is 5.91 Å². The molecule has 5 heteroatoms. The van der Waals surface area contributed by atoms with Crippen molar-refractivity contribution in [2.45, 2.75) is 13.5 Å². The number of nitrogens with zero attached hydrogens (tertiary/aromatic N) is 2. The molecule has 2 heterocycles. The molecular formula is C16H14ClN3O. The molecule has 106 valence electrons. The normalized spacial score (nSPS) is 10.8. The predicted molar refractivity (Wildman–Crippen MR) is 82.6 cm³/mol. The minimum absolute atomic E-state index is 0.147. The molecule has 0 aliphatic carbocycles. The van der Waals surface area contributed by atoms with E-state index >= 15 is 0 Å². The molecule has 1 aromatic carbocycles. The summed E-state index contributed by atoms with van der Waals surface area (Å²) in [6, 6.07) is 13.3. The number of amides is 1. The lowest BCUT2D eigenvalue weighted by molar-refractivity contribution is 0.0944. The number of pyridine rings is 1. The van der Waals surface area contributed by atoms with Crippen LogP contribution in [-0.4, -0.2) is 15.3 Å². The predicted octanol–water partition coefficient (Wildman–Crippen LogP) is 3.23. The van der Waals surface area contributed by atoms with Crippen LogP contribution in [0.4, 0.5) is 0 Å². The summed E-state index contributed by atoms with van der Waals surface area (Å²) < 4.78 is 1.75. The first-order chi connectivity index (χ1) is 10.1. The average molecular weight is 300 g/mol. The molecule has 3 aromatic rings. The average Bonchev–Trinajstić information content (AvgIpc) is 2.81. The lowest BCUT2D eigenvalue weighted by atomic mass is 10.2. The van der Waals surface area contributed by atoms with Crippen LogP contribution >= 0.6 is 11.6 Å². The van der Waals surface area contributed by atoms with Crippen molar-refractivity contribution in [3.05, 3.63) is 70.6 Å². The molecule has 0 radical (unpaired) electrons. The first kappa shape index (κ1) is 13.6. The second-order valence-electron chi connectivity index (χ2n) is 4.79. The quantitative estimate of drug-likeness (QED) is 0.807. The summed E-state index contributed by atoms with van der Waals surface area (Å²) in [5, 5.41) is 3.52. The Labute approximate surface area is 127 Å². The van der Waals surface area contributed by atoms with Crippen LogP contribution in [-0.2, 0) is 6.54 Å². The van der Waals surface area contributed by atoms with Crippen molar-refractivity contribution in [3.8, 4) is 0 Å². The van der Waals surface area contributed by atoms with E-state index in [2.05, 4.69) is 10.3 Å². The Hall–Kier alpha value is -2.33. The van der Waals surface area contributed by atoms with Gasteiger partial charge in [-0.15, -0.1) is 0 Å². The topological polar surface area (TPSA) is 46.4 Å². The van der Waals surface area contributed by atoms with E-state index in [4.69, 9.17) is 11.6 Å². The third-order valence-corrected chi connectivity index (χ3v) is 3.51. The Balaban J connectivity index is 1.86. The third kappa shape index (κ3) is 2.76. The van der Waals surface area contributed by atoms with Crippen molar-refractivity contribution in [1.29, 1.82) is 0 Å². The number of hydrogen-bond donors (Lipinski definition) is 1. The maximum absolute atomic E-state index is 12.4. The zero-order chi connectivity index (χ0) is 14.8. The molecule has 1 amide bonds. The van der Waals surface area contributed by atoms with E-state index < -0.39 is 0 Å². The van der Waals surface area contributed by atoms with Crippen molar-refractivity contribution in [2.24, 2.45) is 0 Å². The molecule has 0 fully saturated rings. The molecule has 0 unspecified atom stereocenters. The first-order valence-corrected chi connectivity index (χ1v) is 6.99. The summed E-state index contributed by atoms with van der Waals surface area (Å²) in [5.74, 6) is -0.147. The van der Waals surface area contributed by atoms with Gasteiger partial charge in [0.1, 0.15) is 11.3 Å². The molecular weight excluding hydrogens is 286 g/mol. The number of hydrogen-bond acceptors (Lipinski definition) is 2. The fourth-order valence-corrected chi connectivity index (χ4v) is 2.43. The van der Waals surface area contributed by atoms with Gasteiger partial charge in [0.25, 0.3) is 5.91 Å². The van der Waals surface area contributed by atoms with Crippen molar-refractivity contribution in [1.82, 2.24) is 14.7 Å². The van der Waals surface area contributed by atoms with E-state index in [1.54, 1.807) is 22.7 Å². The third-order valence-electron chi connectivity index (χ3n) is 3.27. The monoisotopic (exact) mass is 299 g/mol. The fourth-order valence-electron chi connectivity index (χ4n) is 2.27. The summed E-state index contributed by atoms with van der Waals surface area (Å²) in [4.78, 5) is 16.8. The molecule has 0 aliphatic heterocycles. The van der Waals surface area contributed by atoms with Gasteiger partial charge in [-0.05, 0) is 18.6 Å². The van der Waals surface area contributed by atoms with Crippen LogP contribution in [0.3, 0.4) is 0 Å². The van der Waals surface area contributed by atoms with Crippen molar-refractivity contribution >= 4 is 23.2 Å². The molecule has 1 N–H and O–H groups in total. The van der Waals surface area contributed by atoms with Crippen LogP contribution in [0.2, 0.25) is 5.02 Å². The van der Waals surface area contributed by atoms with Crippen LogP contribution in [0.1, 0.15) is 21.7 Å². The maximum Gasteiger partial charge on any atom is 0.270 e. The summed E-state index contributed by atoms with van der Waals surface area (Å²) >= 11 is 5.95. The molecule has 0 spiro atoms. The molecule has 0 saturated carbocycles. The lowest BCUT2D eigenvalue weighted by Gasteiger charge is -2.06. The van der Waals surface area contributed by atoms with Gasteiger partial charge in [0.05, 0.1) is 5.69 Å². The molecule has 0 atom stereocenters. The minimum Gasteiger partial charge on any atom is -0.347 e. The SMILES string of the molecule is Cc1nc2cc(Cl)ccn2c1C(=O)NCc1ccccc1. The van der Waals surface area contributed by atoms with Gasteiger partial charge >= 0.3 is 0 Å². The minimum atomic E-state index is -0.147. The first-order valence-electron chi connectivity index (χ1n) is 6.61. The largest absolute Gasteiger partial charge is 0.347 e. The van der Waals surface area contributed by atoms with Crippen molar-refractivity contribution < 1.29 is 4.79 Å². The molecule has 0 aliphatic rings. The van der Waals surface area contributed by atoms with Crippen LogP contribution < -0.4 is 5.32 Å². The zero-order valence-corrected chi connectivity index (χ0v) is 12.3. The Morgan fingerprint density at radius 1 is 1.29 bits per heavy atom. The Bertz CT molecular complexity index is 796. The van der Waals surface area contributed by atoms with Crippen LogP contribution in [0.5, 0.6) is 0 Å². The van der Waals surface area contributed by atoms with Gasteiger partial charge in [-0.3, -0.25) is 9.20 Å². The number of fused-ring (bicyclic) bond motifs is 1. The number of halogens is 1. The highest BCUT2D eigenvalue weighted by Crippen LogP contribution is 2.16. The number of carbonyl (C=O) groups is 1. The summed E-state index contributed by atoms with van der Waals surface area (Å²) in [5.41, 5.74) is 2.95. The van der Waals surface area contributed by atoms with Crippen molar-refractivity contribution in [2.75, 3.05) is 0 Å². The molecule has 0 bridgehead atoms. The van der Waals surface area contributed by atoms with E-state index in [9.17, 15) is 4.79 Å². The fraction of sp³-hybridized carbons (Fsp3) is 0.125. The Morgan fingerprint density at radius 2 is 2.05 bits per heavy atom. The summed E-state index contributed by atoms with van der Waals surface area (Å²) in [7, 11) is 0. The van der Waals surface area contributed by atoms with Gasteiger partial charge in [-0.25, -0.2) is 4.98 Å². The van der Waals surface area contributed by atoms with E-state index in [1.807, 2.05) is 37.3 Å². The van der Waals surface area contributed by atoms with Gasteiger partial charge in [0.2, 0.25) is 0 Å². The smallest absolute Gasteiger partial charge is 0.270 e. The number of aryl methyl sites for hydroxylation is 1. The molecule has 0 saturated heterocycles. The second-order valence-corrected chi connectivity index (χ2v) is 5.22. The number of imidazole rings is 1. The number of rotatable bonds is 3. The van der Waals surface area contributed by atoms with Gasteiger partial charge < -0.3 is 5.32 Å². The lowest BCUT2D eigenvalue weighted by Crippen LogP contribution is -2.24. The standard InChI is InChI=1S/C16H14ClN3O/c1-11-15(20-8-7-13(17)9-14(20)19-11)16(21)18-10-12-5-3-2-4-6-12/h2-9H,10H2,1H3,(H,18,21). The summed E-state index contributed by atoms with van der Waals surface area (Å²) in [6.07, 6.45) is 1.76. The van der Waals surface area contributed by atoms with Gasteiger partial charge in [0, 0.05) is 23.8 Å². The molecule has 2 aromatic heterocycles. The second kappa shape index (κ2) is 5.58. The Morgan fingerprint density at radius 3 is 2.81 bits per heavy atom. The van der Waals surface area contributed by atoms with Gasteiger partial charge in [0.15, 0.2) is 0 Å². The van der Waals surface area contributed by atoms with Crippen LogP contribution in [0, 0.1) is 6.92 Å². The van der Waals surface area contributed by atoms with Gasteiger partial charge in [-0.1, -0.05) is 41.9 Å². The number of nitrogens with one attached hydrogen (secondary N) is 1. The number of carbonyl (C=O) groups excluding carboxylic acids is 1. The molecule has 21 heavy (non-hydrogen) atoms. The van der Waals surface area contributed by atoms with E-state index in [1.165, 1.54) is 0 Å². The Kier molecular flexibility index (Phi) is 3.62. The highest BCUT2D eigenvalue weighted by molar-refractivity contribution is 6.30. The highest BCUT2D eigenvalue weighted by Gasteiger charge is 2.16. The van der Waals surface area contributed by atoms with Gasteiger partial charge in [-0.2, -0.15) is 0 Å². The number of benzene rings is 1. The maximum atomic E-state index is 12.4. The molecule has 3 rings (SSSR count). The summed E-state index contributed by atoms with van der Waals surface area (Å²) in [6.45, 7) is 2.30. The van der Waals surface area contributed by atoms with E-state index in [0.717, 1.165) is 5.56 Å². The van der Waals surface area contributed by atoms with E-state index in [0.29, 0.717) is 28.6 Å². The van der Waals surface area contributed by atoms with Crippen molar-refractivity contribution in [3.63, 3.8) is 0 Å². The van der Waals surface area contributed by atoms with Crippen LogP contribution in [0.15, 0.2) is 48.7 Å². The zero-order valence-electron chi connectivity index (χ0n) is 11.5.